The predicted molar refractivity (Wildman–Crippen MR) is 70.8 cm³/mol. The Bertz CT molecular complexity index is 433. The fourth-order valence-electron chi connectivity index (χ4n) is 3.18. The Hall–Kier alpha value is -0.670. The maximum absolute atomic E-state index is 4.78. The van der Waals surface area contributed by atoms with Gasteiger partial charge in [0.1, 0.15) is 0 Å². The van der Waals surface area contributed by atoms with Gasteiger partial charge in [-0.3, -0.25) is 9.97 Å². The Morgan fingerprint density at radius 1 is 1.00 bits per heavy atom. The van der Waals surface area contributed by atoms with Crippen LogP contribution in [-0.4, -0.2) is 34.5 Å². The van der Waals surface area contributed by atoms with E-state index in [9.17, 15) is 0 Å². The zero-order valence-corrected chi connectivity index (χ0v) is 11.5. The molecule has 3 rings (SSSR count). The van der Waals surface area contributed by atoms with Crippen molar-refractivity contribution in [3.8, 4) is 0 Å². The van der Waals surface area contributed by atoms with Crippen LogP contribution in [0.1, 0.15) is 35.1 Å². The highest BCUT2D eigenvalue weighted by atomic mass is 35.5. The lowest BCUT2D eigenvalue weighted by atomic mass is 9.88. The van der Waals surface area contributed by atoms with Crippen LogP contribution in [0, 0.1) is 26.7 Å². The molecule has 2 unspecified atom stereocenters. The second-order valence-electron chi connectivity index (χ2n) is 5.28. The minimum Gasteiger partial charge on any atom is -0.302 e. The molecule has 3 heterocycles. The molecule has 94 valence electrons. The van der Waals surface area contributed by atoms with Gasteiger partial charge in [-0.2, -0.15) is 0 Å². The van der Waals surface area contributed by atoms with E-state index in [4.69, 9.17) is 4.98 Å². The van der Waals surface area contributed by atoms with Gasteiger partial charge in [-0.15, -0.1) is 12.4 Å². The van der Waals surface area contributed by atoms with Crippen molar-refractivity contribution in [2.75, 3.05) is 19.6 Å². The minimum absolute atomic E-state index is 0. The quantitative estimate of drug-likeness (QED) is 0.769. The van der Waals surface area contributed by atoms with Gasteiger partial charge in [0, 0.05) is 19.0 Å². The highest BCUT2D eigenvalue weighted by molar-refractivity contribution is 5.85. The first kappa shape index (κ1) is 12.8. The third-order valence-electron chi connectivity index (χ3n) is 4.20. The summed E-state index contributed by atoms with van der Waals surface area (Å²) in [6.45, 7) is 9.98. The summed E-state index contributed by atoms with van der Waals surface area (Å²) in [5.41, 5.74) is 4.57. The maximum atomic E-state index is 4.78. The zero-order valence-electron chi connectivity index (χ0n) is 10.7. The van der Waals surface area contributed by atoms with Gasteiger partial charge in [0.15, 0.2) is 0 Å². The Kier molecular flexibility index (Phi) is 3.41. The Morgan fingerprint density at radius 2 is 1.71 bits per heavy atom. The summed E-state index contributed by atoms with van der Waals surface area (Å²) in [4.78, 5) is 12.0. The second kappa shape index (κ2) is 4.54. The van der Waals surface area contributed by atoms with Crippen LogP contribution < -0.4 is 0 Å². The van der Waals surface area contributed by atoms with Gasteiger partial charge >= 0.3 is 0 Å². The van der Waals surface area contributed by atoms with E-state index in [1.54, 1.807) is 0 Å². The molecule has 4 heteroatoms. The molecule has 2 saturated heterocycles. The van der Waals surface area contributed by atoms with Crippen molar-refractivity contribution in [3.05, 3.63) is 22.8 Å². The summed E-state index contributed by atoms with van der Waals surface area (Å²) in [6.07, 6.45) is 1.35. The largest absolute Gasteiger partial charge is 0.302 e. The van der Waals surface area contributed by atoms with Crippen LogP contribution in [0.25, 0.3) is 0 Å². The second-order valence-corrected chi connectivity index (χ2v) is 5.28. The van der Waals surface area contributed by atoms with E-state index in [0.717, 1.165) is 23.0 Å². The summed E-state index contributed by atoms with van der Waals surface area (Å²) in [5, 5.41) is 0. The molecular formula is C13H20ClN3. The van der Waals surface area contributed by atoms with Gasteiger partial charge in [-0.25, -0.2) is 0 Å². The highest BCUT2D eigenvalue weighted by Gasteiger charge is 2.40. The molecule has 1 aromatic heterocycles. The summed E-state index contributed by atoms with van der Waals surface area (Å²) >= 11 is 0. The van der Waals surface area contributed by atoms with E-state index in [-0.39, 0.29) is 12.4 Å². The van der Waals surface area contributed by atoms with Crippen molar-refractivity contribution in [1.29, 1.82) is 0 Å². The van der Waals surface area contributed by atoms with E-state index >= 15 is 0 Å². The Labute approximate surface area is 109 Å². The third kappa shape index (κ3) is 2.06. The lowest BCUT2D eigenvalue weighted by Gasteiger charge is -2.23. The van der Waals surface area contributed by atoms with Crippen molar-refractivity contribution in [2.24, 2.45) is 5.92 Å². The number of nitrogens with zero attached hydrogens (tertiary/aromatic N) is 3. The lowest BCUT2D eigenvalue weighted by molar-refractivity contribution is 0.342. The molecule has 2 bridgehead atoms. The van der Waals surface area contributed by atoms with E-state index in [2.05, 4.69) is 23.7 Å². The number of hydrogen-bond donors (Lipinski definition) is 0. The van der Waals surface area contributed by atoms with Gasteiger partial charge in [0.2, 0.25) is 0 Å². The highest BCUT2D eigenvalue weighted by Crippen LogP contribution is 2.39. The Balaban J connectivity index is 0.00000108. The molecule has 0 spiro atoms. The normalized spacial score (nSPS) is 30.4. The molecule has 0 aromatic carbocycles. The molecule has 0 radical (unpaired) electrons. The van der Waals surface area contributed by atoms with Gasteiger partial charge in [-0.05, 0) is 39.7 Å². The van der Waals surface area contributed by atoms with Gasteiger partial charge in [0.25, 0.3) is 0 Å². The van der Waals surface area contributed by atoms with Crippen LogP contribution in [0.15, 0.2) is 0 Å². The third-order valence-corrected chi connectivity index (χ3v) is 4.20. The molecule has 2 aliphatic heterocycles. The summed E-state index contributed by atoms with van der Waals surface area (Å²) in [5.74, 6) is 1.47. The minimum atomic E-state index is 0. The van der Waals surface area contributed by atoms with E-state index in [1.165, 1.54) is 31.7 Å². The molecular weight excluding hydrogens is 234 g/mol. The summed E-state index contributed by atoms with van der Waals surface area (Å²) in [7, 11) is 0. The number of piperidine rings is 1. The van der Waals surface area contributed by atoms with Crippen LogP contribution in [0.2, 0.25) is 0 Å². The van der Waals surface area contributed by atoms with Crippen molar-refractivity contribution in [3.63, 3.8) is 0 Å². The molecule has 1 aromatic rings. The van der Waals surface area contributed by atoms with Crippen LogP contribution >= 0.6 is 12.4 Å². The number of hydrogen-bond acceptors (Lipinski definition) is 3. The first-order valence-electron chi connectivity index (χ1n) is 6.19. The monoisotopic (exact) mass is 253 g/mol. The van der Waals surface area contributed by atoms with Gasteiger partial charge in [0.05, 0.1) is 22.8 Å². The van der Waals surface area contributed by atoms with Crippen molar-refractivity contribution in [1.82, 2.24) is 14.9 Å². The summed E-state index contributed by atoms with van der Waals surface area (Å²) in [6, 6.07) is 0. The van der Waals surface area contributed by atoms with Crippen molar-refractivity contribution in [2.45, 2.75) is 33.1 Å². The molecule has 17 heavy (non-hydrogen) atoms. The predicted octanol–water partition coefficient (Wildman–Crippen LogP) is 2.24. The Morgan fingerprint density at radius 3 is 2.29 bits per heavy atom. The molecule has 0 N–H and O–H groups in total. The molecule has 3 nitrogen and oxygen atoms in total. The number of aryl methyl sites for hydroxylation is 3. The van der Waals surface area contributed by atoms with E-state index in [0.29, 0.717) is 5.92 Å². The maximum Gasteiger partial charge on any atom is 0.0666 e. The SMILES string of the molecule is Cc1nc(C)c([C@H]2CN3CCC2C3)nc1C.Cl. The zero-order chi connectivity index (χ0) is 11.3. The standard InChI is InChI=1S/C13H19N3.ClH/c1-8-9(2)15-13(10(3)14-8)12-7-16-5-4-11(12)6-16;/h11-12H,4-7H2,1-3H3;1H/t11?,12-;/m0./s1. The molecule has 2 aliphatic rings. The van der Waals surface area contributed by atoms with Crippen LogP contribution in [-0.2, 0) is 0 Å². The fraction of sp³-hybridized carbons (Fsp3) is 0.692. The number of rotatable bonds is 1. The summed E-state index contributed by atoms with van der Waals surface area (Å²) < 4.78 is 0. The lowest BCUT2D eigenvalue weighted by Crippen LogP contribution is -2.24. The van der Waals surface area contributed by atoms with Crippen LogP contribution in [0.3, 0.4) is 0 Å². The average molecular weight is 254 g/mol. The number of fused-ring (bicyclic) bond motifs is 2. The molecule has 3 atom stereocenters. The van der Waals surface area contributed by atoms with Crippen molar-refractivity contribution >= 4 is 12.4 Å². The fourth-order valence-corrected chi connectivity index (χ4v) is 3.18. The topological polar surface area (TPSA) is 29.0 Å². The van der Waals surface area contributed by atoms with Crippen molar-refractivity contribution < 1.29 is 0 Å². The van der Waals surface area contributed by atoms with Crippen LogP contribution in [0.5, 0.6) is 0 Å². The number of aromatic nitrogens is 2. The van der Waals surface area contributed by atoms with E-state index < -0.39 is 0 Å². The molecule has 0 saturated carbocycles. The molecule has 0 aliphatic carbocycles. The molecule has 2 fully saturated rings. The van der Waals surface area contributed by atoms with Gasteiger partial charge in [-0.1, -0.05) is 0 Å². The number of halogens is 1. The first-order valence-corrected chi connectivity index (χ1v) is 6.19. The first-order chi connectivity index (χ1) is 7.65. The van der Waals surface area contributed by atoms with Gasteiger partial charge < -0.3 is 4.90 Å². The molecule has 0 amide bonds. The van der Waals surface area contributed by atoms with Crippen LogP contribution in [0.4, 0.5) is 0 Å². The average Bonchev–Trinajstić information content (AvgIpc) is 2.84. The smallest absolute Gasteiger partial charge is 0.0666 e. The van der Waals surface area contributed by atoms with E-state index in [1.807, 2.05) is 6.92 Å².